The van der Waals surface area contributed by atoms with E-state index in [-0.39, 0.29) is 0 Å². The predicted octanol–water partition coefficient (Wildman–Crippen LogP) is 2.85. The van der Waals surface area contributed by atoms with Gasteiger partial charge < -0.3 is 24.4 Å². The van der Waals surface area contributed by atoms with E-state index < -0.39 is 0 Å². The highest BCUT2D eigenvalue weighted by Crippen LogP contribution is 2.27. The first-order valence-corrected chi connectivity index (χ1v) is 11.0. The van der Waals surface area contributed by atoms with Gasteiger partial charge in [-0.05, 0) is 23.6 Å². The number of benzene rings is 1. The van der Waals surface area contributed by atoms with Crippen LogP contribution in [0.1, 0.15) is 16.5 Å². The summed E-state index contributed by atoms with van der Waals surface area (Å²) < 4.78 is 16.4. The van der Waals surface area contributed by atoms with Crippen LogP contribution in [0.25, 0.3) is 0 Å². The average Bonchev–Trinajstić information content (AvgIpc) is 3.32. The van der Waals surface area contributed by atoms with Crippen molar-refractivity contribution in [3.63, 3.8) is 0 Å². The third kappa shape index (κ3) is 5.65. The van der Waals surface area contributed by atoms with E-state index in [2.05, 4.69) is 37.6 Å². The number of guanidine groups is 1. The van der Waals surface area contributed by atoms with Crippen molar-refractivity contribution in [2.75, 3.05) is 61.2 Å². The molecule has 1 atom stereocenters. The lowest BCUT2D eigenvalue weighted by atomic mass is 10.1. The lowest BCUT2D eigenvalue weighted by molar-refractivity contribution is 0.0176. The number of nitrogens with zero attached hydrogens (tertiary/aromatic N) is 3. The van der Waals surface area contributed by atoms with Gasteiger partial charge in [-0.2, -0.15) is 0 Å². The summed E-state index contributed by atoms with van der Waals surface area (Å²) in [5.74, 6) is 2.44. The van der Waals surface area contributed by atoms with Crippen molar-refractivity contribution in [2.24, 2.45) is 4.99 Å². The maximum Gasteiger partial charge on any atom is 0.193 e. The summed E-state index contributed by atoms with van der Waals surface area (Å²) in [5.41, 5.74) is 1.08. The second-order valence-corrected chi connectivity index (χ2v) is 8.12. The molecule has 0 radical (unpaired) electrons. The zero-order valence-corrected chi connectivity index (χ0v) is 19.1. The number of thiophene rings is 1. The fourth-order valence-electron chi connectivity index (χ4n) is 3.67. The van der Waals surface area contributed by atoms with Crippen LogP contribution < -0.4 is 14.8 Å². The summed E-state index contributed by atoms with van der Waals surface area (Å²) in [6.07, 6.45) is 0. The fraction of sp³-hybridized carbons (Fsp3) is 0.500. The van der Waals surface area contributed by atoms with Crippen molar-refractivity contribution >= 4 is 17.3 Å². The Kier molecular flexibility index (Phi) is 8.36. The molecule has 1 aromatic heterocycles. The van der Waals surface area contributed by atoms with Gasteiger partial charge in [0.2, 0.25) is 0 Å². The summed E-state index contributed by atoms with van der Waals surface area (Å²) in [6.45, 7) is 4.93. The van der Waals surface area contributed by atoms with Crippen LogP contribution in [0.2, 0.25) is 0 Å². The summed E-state index contributed by atoms with van der Waals surface area (Å²) in [4.78, 5) is 10.5. The predicted molar refractivity (Wildman–Crippen MR) is 122 cm³/mol. The Bertz CT molecular complexity index is 807. The summed E-state index contributed by atoms with van der Waals surface area (Å²) in [6, 6.07) is 10.5. The van der Waals surface area contributed by atoms with Gasteiger partial charge >= 0.3 is 0 Å². The van der Waals surface area contributed by atoms with Crippen molar-refractivity contribution in [2.45, 2.75) is 12.6 Å². The second kappa shape index (κ2) is 11.2. The molecule has 7 nitrogen and oxygen atoms in total. The van der Waals surface area contributed by atoms with Gasteiger partial charge in [0.1, 0.15) is 11.5 Å². The van der Waals surface area contributed by atoms with Crippen LogP contribution in [-0.2, 0) is 11.3 Å². The number of ether oxygens (including phenoxy) is 3. The number of hydrogen-bond acceptors (Lipinski definition) is 6. The Balaban J connectivity index is 1.66. The van der Waals surface area contributed by atoms with Crippen molar-refractivity contribution in [3.8, 4) is 11.5 Å². The molecule has 1 aromatic carbocycles. The zero-order valence-electron chi connectivity index (χ0n) is 18.3. The minimum Gasteiger partial charge on any atom is -0.497 e. The smallest absolute Gasteiger partial charge is 0.193 e. The van der Waals surface area contributed by atoms with E-state index in [9.17, 15) is 0 Å². The molecule has 0 spiro atoms. The van der Waals surface area contributed by atoms with Crippen molar-refractivity contribution in [1.29, 1.82) is 0 Å². The number of methoxy groups -OCH3 is 2. The zero-order chi connectivity index (χ0) is 21.3. The minimum absolute atomic E-state index is 0.301. The van der Waals surface area contributed by atoms with Crippen LogP contribution in [0.5, 0.6) is 11.5 Å². The first kappa shape index (κ1) is 22.4. The maximum absolute atomic E-state index is 5.55. The molecule has 8 heteroatoms. The molecule has 1 saturated heterocycles. The normalized spacial score (nSPS) is 16.2. The Hall–Kier alpha value is -2.29. The van der Waals surface area contributed by atoms with Crippen molar-refractivity contribution in [1.82, 2.24) is 15.1 Å². The molecule has 1 N–H and O–H groups in total. The van der Waals surface area contributed by atoms with Crippen LogP contribution in [0, 0.1) is 0 Å². The van der Waals surface area contributed by atoms with E-state index in [0.29, 0.717) is 12.6 Å². The SMILES string of the molecule is CN=C(NCC(c1cccs1)N1CCOCC1)N(C)Cc1ccc(OC)cc1OC. The third-order valence-corrected chi connectivity index (χ3v) is 6.26. The van der Waals surface area contributed by atoms with Gasteiger partial charge in [0.05, 0.1) is 33.5 Å². The monoisotopic (exact) mass is 432 g/mol. The van der Waals surface area contributed by atoms with Crippen molar-refractivity contribution < 1.29 is 14.2 Å². The number of aliphatic imine (C=N–C) groups is 1. The quantitative estimate of drug-likeness (QED) is 0.511. The van der Waals surface area contributed by atoms with E-state index in [1.807, 2.05) is 32.3 Å². The first-order valence-electron chi connectivity index (χ1n) is 10.1. The van der Waals surface area contributed by atoms with E-state index in [1.54, 1.807) is 25.6 Å². The van der Waals surface area contributed by atoms with Gasteiger partial charge in [0.25, 0.3) is 0 Å². The maximum atomic E-state index is 5.55. The highest BCUT2D eigenvalue weighted by atomic mass is 32.1. The summed E-state index contributed by atoms with van der Waals surface area (Å²) >= 11 is 1.80. The molecular formula is C22H32N4O3S. The lowest BCUT2D eigenvalue weighted by Crippen LogP contribution is -2.46. The molecule has 164 valence electrons. The van der Waals surface area contributed by atoms with Gasteiger partial charge in [0, 0.05) is 56.8 Å². The molecule has 1 aliphatic rings. The molecular weight excluding hydrogens is 400 g/mol. The van der Waals surface area contributed by atoms with Crippen LogP contribution >= 0.6 is 11.3 Å². The van der Waals surface area contributed by atoms with E-state index >= 15 is 0 Å². The molecule has 1 unspecified atom stereocenters. The topological polar surface area (TPSA) is 58.6 Å². The Labute approximate surface area is 183 Å². The molecule has 2 aromatic rings. The van der Waals surface area contributed by atoms with Gasteiger partial charge in [-0.1, -0.05) is 6.07 Å². The standard InChI is InChI=1S/C22H32N4O3S/c1-23-22(25(2)16-17-7-8-18(27-3)14-20(17)28-4)24-15-19(21-6-5-13-30-21)26-9-11-29-12-10-26/h5-8,13-14,19H,9-12,15-16H2,1-4H3,(H,23,24). The summed E-state index contributed by atoms with van der Waals surface area (Å²) in [5, 5.41) is 5.71. The van der Waals surface area contributed by atoms with Crippen LogP contribution in [-0.4, -0.2) is 76.9 Å². The highest BCUT2D eigenvalue weighted by Gasteiger charge is 2.24. The minimum atomic E-state index is 0.301. The lowest BCUT2D eigenvalue weighted by Gasteiger charge is -2.35. The van der Waals surface area contributed by atoms with Crippen LogP contribution in [0.4, 0.5) is 0 Å². The van der Waals surface area contributed by atoms with Gasteiger partial charge in [-0.3, -0.25) is 9.89 Å². The Morgan fingerprint density at radius 1 is 1.27 bits per heavy atom. The largest absolute Gasteiger partial charge is 0.497 e. The molecule has 0 saturated carbocycles. The van der Waals surface area contributed by atoms with Crippen LogP contribution in [0.15, 0.2) is 40.7 Å². The number of rotatable bonds is 8. The molecule has 2 heterocycles. The highest BCUT2D eigenvalue weighted by molar-refractivity contribution is 7.10. The molecule has 30 heavy (non-hydrogen) atoms. The Morgan fingerprint density at radius 2 is 2.07 bits per heavy atom. The summed E-state index contributed by atoms with van der Waals surface area (Å²) in [7, 11) is 7.19. The van der Waals surface area contributed by atoms with Crippen molar-refractivity contribution in [3.05, 3.63) is 46.2 Å². The molecule has 0 amide bonds. The second-order valence-electron chi connectivity index (χ2n) is 7.14. The Morgan fingerprint density at radius 3 is 2.70 bits per heavy atom. The van der Waals surface area contributed by atoms with Gasteiger partial charge in [-0.15, -0.1) is 11.3 Å². The first-order chi connectivity index (χ1) is 14.7. The number of morpholine rings is 1. The molecule has 0 bridgehead atoms. The van der Waals surface area contributed by atoms with Gasteiger partial charge in [0.15, 0.2) is 5.96 Å². The molecule has 1 aliphatic heterocycles. The fourth-order valence-corrected chi connectivity index (χ4v) is 4.53. The third-order valence-electron chi connectivity index (χ3n) is 5.29. The molecule has 3 rings (SSSR count). The van der Waals surface area contributed by atoms with Gasteiger partial charge in [-0.25, -0.2) is 0 Å². The average molecular weight is 433 g/mol. The number of hydrogen-bond donors (Lipinski definition) is 1. The van der Waals surface area contributed by atoms with E-state index in [1.165, 1.54) is 4.88 Å². The molecule has 0 aliphatic carbocycles. The number of nitrogens with one attached hydrogen (secondary N) is 1. The van der Waals surface area contributed by atoms with E-state index in [0.717, 1.165) is 55.9 Å². The van der Waals surface area contributed by atoms with E-state index in [4.69, 9.17) is 14.2 Å². The molecule has 1 fully saturated rings. The van der Waals surface area contributed by atoms with Crippen LogP contribution in [0.3, 0.4) is 0 Å².